The van der Waals surface area contributed by atoms with Crippen LogP contribution in [0.15, 0.2) is 30.3 Å². The maximum Gasteiger partial charge on any atom is 1.59 e. The van der Waals surface area contributed by atoms with Crippen LogP contribution in [0.2, 0.25) is 0 Å². The molecule has 0 aromatic heterocycles. The fourth-order valence-electron chi connectivity index (χ4n) is 0.774. The summed E-state index contributed by atoms with van der Waals surface area (Å²) >= 11 is 1.33. The van der Waals surface area contributed by atoms with E-state index in [1.165, 1.54) is 26.2 Å². The Hall–Kier alpha value is 0.236. The topological polar surface area (TPSA) is 20.2 Å². The Bertz CT molecular complexity index is 167. The minimum Gasteiger partial charge on any atom is -0.396 e. The molecule has 1 aromatic carbocycles. The lowest BCUT2D eigenvalue weighted by Gasteiger charge is -1.93. The van der Waals surface area contributed by atoms with E-state index in [1.807, 2.05) is 30.3 Å². The second-order valence-corrected chi connectivity index (χ2v) is 1.96. The van der Waals surface area contributed by atoms with Gasteiger partial charge in [-0.15, -0.1) is 0 Å². The number of halogens is 1. The van der Waals surface area contributed by atoms with Gasteiger partial charge >= 0.3 is 29.7 Å². The van der Waals surface area contributed by atoms with E-state index in [9.17, 15) is 0 Å². The predicted octanol–water partition coefficient (Wildman–Crippen LogP) is 1.53. The zero-order valence-electron chi connectivity index (χ0n) is 6.33. The maximum absolute atomic E-state index is 8.52. The van der Waals surface area contributed by atoms with Gasteiger partial charge in [-0.2, -0.15) is 0 Å². The van der Waals surface area contributed by atoms with Crippen molar-refractivity contribution in [2.45, 2.75) is 6.42 Å². The molecule has 0 spiro atoms. The molecule has 1 aromatic rings. The monoisotopic (exact) mass is 181 g/mol. The highest BCUT2D eigenvalue weighted by Gasteiger charge is 2.16. The minimum absolute atomic E-state index is 0.240. The molecule has 3 heteroatoms. The first-order valence-corrected chi connectivity index (χ1v) is 5.49. The summed E-state index contributed by atoms with van der Waals surface area (Å²) in [6.45, 7) is 0.240. The van der Waals surface area contributed by atoms with E-state index in [0.29, 0.717) is 0 Å². The largest absolute Gasteiger partial charge is 1.59 e. The lowest BCUT2D eigenvalue weighted by Crippen LogP contribution is -1.88. The fourth-order valence-corrected chi connectivity index (χ4v) is 0.774. The van der Waals surface area contributed by atoms with Crippen molar-refractivity contribution in [3.8, 4) is 0 Å². The van der Waals surface area contributed by atoms with Gasteiger partial charge in [-0.3, -0.25) is 0 Å². The van der Waals surface area contributed by atoms with Crippen molar-refractivity contribution in [1.29, 1.82) is 0 Å². The van der Waals surface area contributed by atoms with Gasteiger partial charge in [0.05, 0.1) is 0 Å². The molecular formula is C8H10ClMgO+2. The quantitative estimate of drug-likeness (QED) is 0.687. The van der Waals surface area contributed by atoms with E-state index in [-0.39, 0.29) is 6.61 Å². The summed E-state index contributed by atoms with van der Waals surface area (Å²) in [4.78, 5) is 0. The lowest BCUT2D eigenvalue weighted by molar-refractivity contribution is 0.299. The third-order valence-corrected chi connectivity index (χ3v) is 1.24. The van der Waals surface area contributed by atoms with Crippen molar-refractivity contribution in [3.05, 3.63) is 35.9 Å². The van der Waals surface area contributed by atoms with E-state index < -0.39 is 0 Å². The number of aliphatic hydroxyl groups is 1. The zero-order chi connectivity index (χ0) is 8.53. The SMILES string of the molecule is OCCc1ccccc1.[Mg+2][Cl]. The van der Waals surface area contributed by atoms with Gasteiger partial charge in [0.15, 0.2) is 0 Å². The van der Waals surface area contributed by atoms with E-state index in [4.69, 9.17) is 5.11 Å². The van der Waals surface area contributed by atoms with Gasteiger partial charge in [-0.1, -0.05) is 30.3 Å². The second kappa shape index (κ2) is 8.33. The van der Waals surface area contributed by atoms with Crippen molar-refractivity contribution in [2.24, 2.45) is 0 Å². The number of aliphatic hydroxyl groups excluding tert-OH is 1. The Morgan fingerprint density at radius 2 is 1.73 bits per heavy atom. The molecule has 0 aliphatic carbocycles. The van der Waals surface area contributed by atoms with Gasteiger partial charge in [0.25, 0.3) is 0 Å². The number of hydrogen-bond acceptors (Lipinski definition) is 1. The molecule has 55 valence electrons. The lowest BCUT2D eigenvalue weighted by atomic mass is 10.2. The van der Waals surface area contributed by atoms with Crippen LogP contribution >= 0.6 is 9.07 Å². The molecule has 0 amide bonds. The molecule has 0 aliphatic heterocycles. The van der Waals surface area contributed by atoms with Crippen LogP contribution in [-0.2, 0) is 6.42 Å². The molecule has 1 N–H and O–H groups in total. The number of benzene rings is 1. The van der Waals surface area contributed by atoms with Crippen LogP contribution < -0.4 is 0 Å². The Labute approximate surface area is 83.6 Å². The van der Waals surface area contributed by atoms with Crippen molar-refractivity contribution < 1.29 is 5.11 Å². The van der Waals surface area contributed by atoms with Crippen molar-refractivity contribution in [1.82, 2.24) is 0 Å². The molecule has 7 radical (unpaired) electrons. The van der Waals surface area contributed by atoms with Gasteiger partial charge in [-0.25, -0.2) is 0 Å². The Morgan fingerprint density at radius 1 is 1.18 bits per heavy atom. The molecule has 0 heterocycles. The van der Waals surface area contributed by atoms with Crippen LogP contribution in [0.5, 0.6) is 0 Å². The molecule has 1 nitrogen and oxygen atoms in total. The second-order valence-electron chi connectivity index (χ2n) is 1.96. The molecule has 0 bridgehead atoms. The predicted molar refractivity (Wildman–Crippen MR) is 48.8 cm³/mol. The molecule has 0 saturated carbocycles. The maximum atomic E-state index is 8.52. The highest BCUT2D eigenvalue weighted by Crippen LogP contribution is 1.97. The molecule has 0 unspecified atom stereocenters. The van der Waals surface area contributed by atoms with Gasteiger partial charge in [-0.05, 0) is 12.0 Å². The first-order valence-electron chi connectivity index (χ1n) is 3.35. The first kappa shape index (κ1) is 11.2. The molecule has 11 heavy (non-hydrogen) atoms. The standard InChI is InChI=1S/C8H10O.ClH.Mg/c9-7-6-8-4-2-1-3-5-8;;/h1-5,9H,6-7H2;1H;/q;;+3/p-1. The van der Waals surface area contributed by atoms with Gasteiger partial charge < -0.3 is 5.11 Å². The van der Waals surface area contributed by atoms with Crippen LogP contribution in [0.4, 0.5) is 0 Å². The van der Waals surface area contributed by atoms with Crippen LogP contribution in [0.1, 0.15) is 5.56 Å². The van der Waals surface area contributed by atoms with Crippen molar-refractivity contribution >= 4 is 29.7 Å². The fraction of sp³-hybridized carbons (Fsp3) is 0.250. The normalized spacial score (nSPS) is 8.27. The summed E-state index contributed by atoms with van der Waals surface area (Å²) < 4.78 is 0. The average molecular weight is 182 g/mol. The zero-order valence-corrected chi connectivity index (χ0v) is 8.50. The summed E-state index contributed by atoms with van der Waals surface area (Å²) in [5, 5.41) is 8.52. The van der Waals surface area contributed by atoms with Gasteiger partial charge in [0, 0.05) is 6.61 Å². The molecular weight excluding hydrogens is 172 g/mol. The van der Waals surface area contributed by atoms with Crippen LogP contribution in [0.3, 0.4) is 0 Å². The summed E-state index contributed by atoms with van der Waals surface area (Å²) in [5.41, 5.74) is 1.19. The van der Waals surface area contributed by atoms with Crippen molar-refractivity contribution in [3.63, 3.8) is 0 Å². The van der Waals surface area contributed by atoms with Crippen molar-refractivity contribution in [2.75, 3.05) is 6.61 Å². The Balaban J connectivity index is 0.000000461. The van der Waals surface area contributed by atoms with Crippen LogP contribution in [0.25, 0.3) is 0 Å². The van der Waals surface area contributed by atoms with E-state index in [1.54, 1.807) is 0 Å². The summed E-state index contributed by atoms with van der Waals surface area (Å²) in [6, 6.07) is 9.95. The van der Waals surface area contributed by atoms with Crippen LogP contribution in [-0.4, -0.2) is 32.3 Å². The summed E-state index contributed by atoms with van der Waals surface area (Å²) in [5.74, 6) is 0. The number of hydrogen-bond donors (Lipinski definition) is 1. The Morgan fingerprint density at radius 3 is 2.18 bits per heavy atom. The van der Waals surface area contributed by atoms with Crippen LogP contribution in [0, 0.1) is 0 Å². The van der Waals surface area contributed by atoms with E-state index >= 15 is 0 Å². The van der Waals surface area contributed by atoms with E-state index in [0.717, 1.165) is 6.42 Å². The highest BCUT2D eigenvalue weighted by atomic mass is 35.5. The molecule has 0 saturated heterocycles. The molecule has 1 rings (SSSR count). The summed E-state index contributed by atoms with van der Waals surface area (Å²) in [7, 11) is 4.67. The Kier molecular flexibility index (Phi) is 8.51. The molecule has 0 fully saturated rings. The smallest absolute Gasteiger partial charge is 0.396 e. The minimum atomic E-state index is 0.240. The highest BCUT2D eigenvalue weighted by molar-refractivity contribution is 6.80. The molecule has 0 atom stereocenters. The number of rotatable bonds is 2. The third kappa shape index (κ3) is 5.50. The van der Waals surface area contributed by atoms with Gasteiger partial charge in [0.1, 0.15) is 0 Å². The average Bonchev–Trinajstić information content (AvgIpc) is 2.11. The summed E-state index contributed by atoms with van der Waals surface area (Å²) in [6.07, 6.45) is 0.765. The first-order chi connectivity index (χ1) is 5.43. The molecule has 0 aliphatic rings. The van der Waals surface area contributed by atoms with Gasteiger partial charge in [0.2, 0.25) is 0 Å². The van der Waals surface area contributed by atoms with E-state index in [2.05, 4.69) is 9.07 Å². The third-order valence-electron chi connectivity index (χ3n) is 1.24.